The molecule has 0 unspecified atom stereocenters. The van der Waals surface area contributed by atoms with E-state index in [1.54, 1.807) is 6.92 Å². The number of aryl methyl sites for hydroxylation is 1. The Morgan fingerprint density at radius 2 is 1.86 bits per heavy atom. The molecule has 3 aromatic rings. The number of nitrogens with one attached hydrogen (secondary N) is 1. The molecule has 3 rings (SSSR count). The minimum absolute atomic E-state index is 0.109. The van der Waals surface area contributed by atoms with E-state index in [0.29, 0.717) is 35.9 Å². The Balaban J connectivity index is 1.65. The molecule has 0 saturated heterocycles. The number of rotatable bonds is 5. The first-order valence-electron chi connectivity index (χ1n) is 8.42. The average Bonchev–Trinajstić information content (AvgIpc) is 3.02. The molecule has 0 aliphatic heterocycles. The first-order chi connectivity index (χ1) is 13.2. The van der Waals surface area contributed by atoms with Gasteiger partial charge in [0.25, 0.3) is 5.91 Å². The van der Waals surface area contributed by atoms with Gasteiger partial charge < -0.3 is 9.73 Å². The third kappa shape index (κ3) is 4.57. The number of carbonyl (C=O) groups is 1. The Hall–Kier alpha value is -3.16. The number of carbonyl (C=O) groups excluding carboxylic acids is 1. The van der Waals surface area contributed by atoms with Crippen molar-refractivity contribution in [2.24, 2.45) is 0 Å². The lowest BCUT2D eigenvalue weighted by molar-refractivity contribution is -0.137. The van der Waals surface area contributed by atoms with Gasteiger partial charge in [0.2, 0.25) is 5.89 Å². The highest BCUT2D eigenvalue weighted by molar-refractivity contribution is 5.94. The number of amides is 1. The van der Waals surface area contributed by atoms with Gasteiger partial charge in [-0.15, -0.1) is 0 Å². The van der Waals surface area contributed by atoms with Crippen LogP contribution >= 0.6 is 0 Å². The van der Waals surface area contributed by atoms with Crippen LogP contribution in [-0.4, -0.2) is 17.4 Å². The quantitative estimate of drug-likeness (QED) is 0.636. The topological polar surface area (TPSA) is 55.1 Å². The fourth-order valence-electron chi connectivity index (χ4n) is 2.65. The van der Waals surface area contributed by atoms with Crippen LogP contribution < -0.4 is 5.32 Å². The lowest BCUT2D eigenvalue weighted by Gasteiger charge is -2.09. The summed E-state index contributed by atoms with van der Waals surface area (Å²) in [6.07, 6.45) is -4.42. The fraction of sp³-hybridized carbons (Fsp3) is 0.200. The van der Waals surface area contributed by atoms with E-state index in [1.165, 1.54) is 0 Å². The molecular formula is C20H16F4N2O2. The zero-order valence-electron chi connectivity index (χ0n) is 14.8. The molecular weight excluding hydrogens is 376 g/mol. The van der Waals surface area contributed by atoms with E-state index >= 15 is 0 Å². The zero-order valence-corrected chi connectivity index (χ0v) is 14.8. The Bertz CT molecular complexity index is 982. The van der Waals surface area contributed by atoms with Crippen LogP contribution in [0.5, 0.6) is 0 Å². The summed E-state index contributed by atoms with van der Waals surface area (Å²) in [6.45, 7) is 1.84. The van der Waals surface area contributed by atoms with Gasteiger partial charge in [0.05, 0.1) is 11.3 Å². The maximum Gasteiger partial charge on any atom is 0.416 e. The summed E-state index contributed by atoms with van der Waals surface area (Å²) in [5.41, 5.74) is -0.179. The number of alkyl halides is 3. The summed E-state index contributed by atoms with van der Waals surface area (Å²) in [4.78, 5) is 16.5. The second-order valence-corrected chi connectivity index (χ2v) is 6.12. The zero-order chi connectivity index (χ0) is 20.3. The third-order valence-electron chi connectivity index (χ3n) is 4.05. The van der Waals surface area contributed by atoms with Crippen LogP contribution in [0.1, 0.15) is 27.4 Å². The van der Waals surface area contributed by atoms with E-state index in [1.807, 2.05) is 30.3 Å². The van der Waals surface area contributed by atoms with Crippen LogP contribution in [0.2, 0.25) is 0 Å². The van der Waals surface area contributed by atoms with Gasteiger partial charge in [0.15, 0.2) is 0 Å². The lowest BCUT2D eigenvalue weighted by Crippen LogP contribution is -2.26. The van der Waals surface area contributed by atoms with Crippen LogP contribution in [0.15, 0.2) is 52.9 Å². The molecule has 28 heavy (non-hydrogen) atoms. The maximum atomic E-state index is 13.4. The van der Waals surface area contributed by atoms with Crippen molar-refractivity contribution in [2.75, 3.05) is 6.54 Å². The Morgan fingerprint density at radius 3 is 2.54 bits per heavy atom. The molecule has 0 fully saturated rings. The second-order valence-electron chi connectivity index (χ2n) is 6.12. The molecule has 0 bridgehead atoms. The van der Waals surface area contributed by atoms with Gasteiger partial charge in [0.1, 0.15) is 11.6 Å². The van der Waals surface area contributed by atoms with Crippen LogP contribution in [0, 0.1) is 12.7 Å². The van der Waals surface area contributed by atoms with Gasteiger partial charge in [-0.05, 0) is 37.3 Å². The number of hydrogen-bond acceptors (Lipinski definition) is 3. The molecule has 0 spiro atoms. The smallest absolute Gasteiger partial charge is 0.416 e. The van der Waals surface area contributed by atoms with Crippen molar-refractivity contribution < 1.29 is 26.8 Å². The minimum Gasteiger partial charge on any atom is -0.441 e. The normalized spacial score (nSPS) is 11.5. The molecule has 1 heterocycles. The van der Waals surface area contributed by atoms with Gasteiger partial charge in [-0.2, -0.15) is 13.2 Å². The molecule has 0 saturated carbocycles. The van der Waals surface area contributed by atoms with Crippen LogP contribution in [-0.2, 0) is 12.6 Å². The Kier molecular flexibility index (Phi) is 5.48. The third-order valence-corrected chi connectivity index (χ3v) is 4.05. The highest BCUT2D eigenvalue weighted by atomic mass is 19.4. The number of nitrogens with zero attached hydrogens (tertiary/aromatic N) is 1. The summed E-state index contributed by atoms with van der Waals surface area (Å²) in [7, 11) is 0. The predicted molar refractivity (Wildman–Crippen MR) is 94.1 cm³/mol. The molecule has 1 aromatic heterocycles. The highest BCUT2D eigenvalue weighted by Gasteiger charge is 2.32. The molecule has 8 heteroatoms. The summed E-state index contributed by atoms with van der Waals surface area (Å²) in [6, 6.07) is 11.0. The standard InChI is InChI=1S/C20H16F4N2O2/c1-12-17(26-19(28-12)13-5-3-2-4-6-13)7-8-25-18(27)14-9-15(20(22,23)24)11-16(21)10-14/h2-6,9-11H,7-8H2,1H3,(H,25,27). The fourth-order valence-corrected chi connectivity index (χ4v) is 2.65. The van der Waals surface area contributed by atoms with E-state index in [-0.39, 0.29) is 6.54 Å². The first-order valence-corrected chi connectivity index (χ1v) is 8.42. The number of oxazole rings is 1. The van der Waals surface area contributed by atoms with Crippen molar-refractivity contribution in [1.82, 2.24) is 10.3 Å². The number of hydrogen-bond donors (Lipinski definition) is 1. The maximum absolute atomic E-state index is 13.4. The summed E-state index contributed by atoms with van der Waals surface area (Å²) in [5, 5.41) is 2.47. The van der Waals surface area contributed by atoms with Gasteiger partial charge in [0, 0.05) is 24.1 Å². The van der Waals surface area contributed by atoms with Crippen LogP contribution in [0.3, 0.4) is 0 Å². The van der Waals surface area contributed by atoms with Crippen molar-refractivity contribution in [3.05, 3.63) is 76.9 Å². The van der Waals surface area contributed by atoms with E-state index in [4.69, 9.17) is 4.42 Å². The Morgan fingerprint density at radius 1 is 1.14 bits per heavy atom. The predicted octanol–water partition coefficient (Wildman–Crippen LogP) is 4.78. The van der Waals surface area contributed by atoms with Crippen molar-refractivity contribution >= 4 is 5.91 Å². The van der Waals surface area contributed by atoms with Gasteiger partial charge in [-0.1, -0.05) is 18.2 Å². The van der Waals surface area contributed by atoms with Crippen LogP contribution in [0.4, 0.5) is 17.6 Å². The van der Waals surface area contributed by atoms with E-state index < -0.39 is 29.0 Å². The Labute approximate surface area is 158 Å². The summed E-state index contributed by atoms with van der Waals surface area (Å²) >= 11 is 0. The second kappa shape index (κ2) is 7.84. The lowest BCUT2D eigenvalue weighted by atomic mass is 10.1. The molecule has 0 aliphatic rings. The SMILES string of the molecule is Cc1oc(-c2ccccc2)nc1CCNC(=O)c1cc(F)cc(C(F)(F)F)c1. The van der Waals surface area contributed by atoms with Gasteiger partial charge in [-0.25, -0.2) is 9.37 Å². The van der Waals surface area contributed by atoms with Crippen molar-refractivity contribution in [3.63, 3.8) is 0 Å². The number of aromatic nitrogens is 1. The van der Waals surface area contributed by atoms with Crippen molar-refractivity contribution in [2.45, 2.75) is 19.5 Å². The largest absolute Gasteiger partial charge is 0.441 e. The van der Waals surface area contributed by atoms with E-state index in [9.17, 15) is 22.4 Å². The van der Waals surface area contributed by atoms with Crippen molar-refractivity contribution in [1.29, 1.82) is 0 Å². The molecule has 0 aliphatic carbocycles. The molecule has 2 aromatic carbocycles. The van der Waals surface area contributed by atoms with Gasteiger partial charge >= 0.3 is 6.18 Å². The molecule has 4 nitrogen and oxygen atoms in total. The van der Waals surface area contributed by atoms with Gasteiger partial charge in [-0.3, -0.25) is 4.79 Å². The highest BCUT2D eigenvalue weighted by Crippen LogP contribution is 2.30. The molecule has 146 valence electrons. The summed E-state index contributed by atoms with van der Waals surface area (Å²) < 4.78 is 57.3. The van der Waals surface area contributed by atoms with Crippen LogP contribution in [0.25, 0.3) is 11.5 Å². The minimum atomic E-state index is -4.73. The number of benzene rings is 2. The number of halogens is 4. The monoisotopic (exact) mass is 392 g/mol. The molecule has 1 N–H and O–H groups in total. The average molecular weight is 392 g/mol. The van der Waals surface area contributed by atoms with Crippen molar-refractivity contribution in [3.8, 4) is 11.5 Å². The first kappa shape index (κ1) is 19.6. The summed E-state index contributed by atoms with van der Waals surface area (Å²) in [5.74, 6) is -0.896. The van der Waals surface area contributed by atoms with E-state index in [2.05, 4.69) is 10.3 Å². The van der Waals surface area contributed by atoms with E-state index in [0.717, 1.165) is 11.6 Å². The molecule has 0 radical (unpaired) electrons. The molecule has 1 amide bonds. The molecule has 0 atom stereocenters.